The number of nitrogens with one attached hydrogen (secondary N) is 1. The first-order valence-electron chi connectivity index (χ1n) is 5.97. The summed E-state index contributed by atoms with van der Waals surface area (Å²) in [7, 11) is 2.00. The van der Waals surface area contributed by atoms with Crippen molar-refractivity contribution in [1.29, 1.82) is 0 Å². The van der Waals surface area contributed by atoms with Crippen LogP contribution in [0.5, 0.6) is 0 Å². The van der Waals surface area contributed by atoms with Crippen molar-refractivity contribution in [3.05, 3.63) is 34.9 Å². The van der Waals surface area contributed by atoms with Gasteiger partial charge in [0.1, 0.15) is 0 Å². The summed E-state index contributed by atoms with van der Waals surface area (Å²) < 4.78 is 2.69. The second-order valence-corrected chi connectivity index (χ2v) is 4.58. The molecule has 18 heavy (non-hydrogen) atoms. The van der Waals surface area contributed by atoms with E-state index in [1.54, 1.807) is 6.20 Å². The van der Waals surface area contributed by atoms with Crippen molar-refractivity contribution in [3.8, 4) is 0 Å². The summed E-state index contributed by atoms with van der Waals surface area (Å²) >= 11 is 5.23. The van der Waals surface area contributed by atoms with Crippen molar-refractivity contribution in [2.24, 2.45) is 0 Å². The molecule has 0 amide bonds. The largest absolute Gasteiger partial charge is 0.340 e. The number of rotatable bonds is 5. The Balaban J connectivity index is 2.19. The molecule has 96 valence electrons. The van der Waals surface area contributed by atoms with Gasteiger partial charge in [-0.05, 0) is 30.3 Å². The lowest BCUT2D eigenvalue weighted by molar-refractivity contribution is 0.654. The van der Waals surface area contributed by atoms with Crippen molar-refractivity contribution in [1.82, 2.24) is 19.7 Å². The molecule has 0 aliphatic carbocycles. The number of aromatic amines is 1. The predicted molar refractivity (Wildman–Crippen MR) is 74.0 cm³/mol. The average molecular weight is 263 g/mol. The van der Waals surface area contributed by atoms with Crippen LogP contribution in [-0.2, 0) is 13.1 Å². The molecule has 0 aromatic carbocycles. The molecule has 0 radical (unpaired) electrons. The summed E-state index contributed by atoms with van der Waals surface area (Å²) in [6.45, 7) is 3.76. The zero-order chi connectivity index (χ0) is 13.0. The molecule has 0 unspecified atom stereocenters. The molecule has 2 heterocycles. The molecule has 0 fully saturated rings. The van der Waals surface area contributed by atoms with Gasteiger partial charge in [-0.15, -0.1) is 5.10 Å². The maximum atomic E-state index is 5.23. The third-order valence-electron chi connectivity index (χ3n) is 2.67. The monoisotopic (exact) mass is 263 g/mol. The predicted octanol–water partition coefficient (Wildman–Crippen LogP) is 2.38. The van der Waals surface area contributed by atoms with Crippen LogP contribution in [0.1, 0.15) is 18.9 Å². The second-order valence-electron chi connectivity index (χ2n) is 4.20. The Bertz CT molecular complexity index is 545. The number of aromatic nitrogens is 4. The van der Waals surface area contributed by atoms with Gasteiger partial charge in [-0.1, -0.05) is 13.0 Å². The van der Waals surface area contributed by atoms with Gasteiger partial charge in [0.15, 0.2) is 4.77 Å². The Morgan fingerprint density at radius 1 is 1.50 bits per heavy atom. The summed E-state index contributed by atoms with van der Waals surface area (Å²) in [6, 6.07) is 3.99. The third kappa shape index (κ3) is 2.76. The minimum absolute atomic E-state index is 0.671. The third-order valence-corrected chi connectivity index (χ3v) is 2.98. The van der Waals surface area contributed by atoms with E-state index in [0.29, 0.717) is 4.77 Å². The molecule has 0 saturated heterocycles. The molecule has 2 rings (SSSR count). The molecule has 0 saturated carbocycles. The highest BCUT2D eigenvalue weighted by Crippen LogP contribution is 2.13. The van der Waals surface area contributed by atoms with Crippen LogP contribution < -0.4 is 4.90 Å². The molecule has 0 bridgehead atoms. The molecule has 6 heteroatoms. The van der Waals surface area contributed by atoms with Crippen LogP contribution in [0.2, 0.25) is 0 Å². The van der Waals surface area contributed by atoms with Gasteiger partial charge in [0.05, 0.1) is 0 Å². The van der Waals surface area contributed by atoms with Crippen LogP contribution in [0.4, 0.5) is 5.95 Å². The van der Waals surface area contributed by atoms with E-state index in [1.165, 1.54) is 0 Å². The quantitative estimate of drug-likeness (QED) is 0.841. The standard InChI is InChI=1S/C12H17N5S/c1-3-7-17-11(14-15-12(17)18)16(2)9-10-5-4-6-13-8-10/h4-6,8H,3,7,9H2,1-2H3,(H,15,18). The van der Waals surface area contributed by atoms with E-state index in [2.05, 4.69) is 33.1 Å². The van der Waals surface area contributed by atoms with Crippen molar-refractivity contribution >= 4 is 18.2 Å². The molecule has 1 N–H and O–H groups in total. The van der Waals surface area contributed by atoms with E-state index in [9.17, 15) is 0 Å². The molecule has 2 aromatic heterocycles. The summed E-state index contributed by atoms with van der Waals surface area (Å²) in [5.74, 6) is 0.866. The number of nitrogens with zero attached hydrogens (tertiary/aromatic N) is 4. The van der Waals surface area contributed by atoms with Crippen LogP contribution in [0.15, 0.2) is 24.5 Å². The van der Waals surface area contributed by atoms with Crippen molar-refractivity contribution in [3.63, 3.8) is 0 Å². The van der Waals surface area contributed by atoms with Crippen LogP contribution in [0.25, 0.3) is 0 Å². The fraction of sp³-hybridized carbons (Fsp3) is 0.417. The zero-order valence-corrected chi connectivity index (χ0v) is 11.4. The zero-order valence-electron chi connectivity index (χ0n) is 10.6. The first-order valence-corrected chi connectivity index (χ1v) is 6.38. The summed E-state index contributed by atoms with van der Waals surface area (Å²) in [4.78, 5) is 6.18. The van der Waals surface area contributed by atoms with E-state index in [4.69, 9.17) is 12.2 Å². The van der Waals surface area contributed by atoms with Crippen LogP contribution >= 0.6 is 12.2 Å². The number of anilines is 1. The molecule has 0 aliphatic rings. The SMILES string of the molecule is CCCn1c(N(C)Cc2cccnc2)n[nH]c1=S. The Hall–Kier alpha value is -1.69. The smallest absolute Gasteiger partial charge is 0.225 e. The van der Waals surface area contributed by atoms with Gasteiger partial charge in [-0.25, -0.2) is 5.10 Å². The Morgan fingerprint density at radius 2 is 2.33 bits per heavy atom. The minimum atomic E-state index is 0.671. The summed E-state index contributed by atoms with van der Waals surface area (Å²) in [6.07, 6.45) is 4.67. The van der Waals surface area contributed by atoms with E-state index < -0.39 is 0 Å². The van der Waals surface area contributed by atoms with E-state index >= 15 is 0 Å². The van der Waals surface area contributed by atoms with Gasteiger partial charge < -0.3 is 4.90 Å². The second kappa shape index (κ2) is 5.77. The van der Waals surface area contributed by atoms with Gasteiger partial charge in [-0.2, -0.15) is 0 Å². The first kappa shape index (κ1) is 12.8. The lowest BCUT2D eigenvalue weighted by Gasteiger charge is -2.18. The van der Waals surface area contributed by atoms with Gasteiger partial charge in [0, 0.05) is 32.5 Å². The maximum absolute atomic E-state index is 5.23. The lowest BCUT2D eigenvalue weighted by Crippen LogP contribution is -2.21. The minimum Gasteiger partial charge on any atom is -0.340 e. The Morgan fingerprint density at radius 3 is 3.00 bits per heavy atom. The highest BCUT2D eigenvalue weighted by Gasteiger charge is 2.10. The first-order chi connectivity index (χ1) is 8.72. The average Bonchev–Trinajstić information content (AvgIpc) is 2.73. The molecule has 0 aliphatic heterocycles. The molecular formula is C12H17N5S. The Kier molecular flexibility index (Phi) is 4.09. The van der Waals surface area contributed by atoms with E-state index in [0.717, 1.165) is 31.0 Å². The van der Waals surface area contributed by atoms with E-state index in [1.807, 2.05) is 23.9 Å². The van der Waals surface area contributed by atoms with Crippen LogP contribution in [-0.4, -0.2) is 26.8 Å². The van der Waals surface area contributed by atoms with Gasteiger partial charge in [0.25, 0.3) is 0 Å². The number of pyridine rings is 1. The molecule has 0 spiro atoms. The fourth-order valence-electron chi connectivity index (χ4n) is 1.86. The Labute approximate surface area is 111 Å². The molecular weight excluding hydrogens is 246 g/mol. The highest BCUT2D eigenvalue weighted by molar-refractivity contribution is 7.71. The van der Waals surface area contributed by atoms with Gasteiger partial charge in [-0.3, -0.25) is 9.55 Å². The topological polar surface area (TPSA) is 49.7 Å². The molecule has 2 aromatic rings. The number of hydrogen-bond acceptors (Lipinski definition) is 4. The van der Waals surface area contributed by atoms with Crippen LogP contribution in [0, 0.1) is 4.77 Å². The molecule has 5 nitrogen and oxygen atoms in total. The maximum Gasteiger partial charge on any atom is 0.225 e. The lowest BCUT2D eigenvalue weighted by atomic mass is 10.3. The fourth-order valence-corrected chi connectivity index (χ4v) is 2.08. The van der Waals surface area contributed by atoms with Crippen molar-refractivity contribution < 1.29 is 0 Å². The van der Waals surface area contributed by atoms with Gasteiger partial charge >= 0.3 is 0 Å². The number of hydrogen-bond donors (Lipinski definition) is 1. The van der Waals surface area contributed by atoms with E-state index in [-0.39, 0.29) is 0 Å². The highest BCUT2D eigenvalue weighted by atomic mass is 32.1. The van der Waals surface area contributed by atoms with Crippen molar-refractivity contribution in [2.75, 3.05) is 11.9 Å². The molecule has 0 atom stereocenters. The van der Waals surface area contributed by atoms with Gasteiger partial charge in [0.2, 0.25) is 5.95 Å². The summed E-state index contributed by atoms with van der Waals surface area (Å²) in [5.41, 5.74) is 1.15. The normalized spacial score (nSPS) is 10.6. The number of H-pyrrole nitrogens is 1. The van der Waals surface area contributed by atoms with Crippen LogP contribution in [0.3, 0.4) is 0 Å². The summed E-state index contributed by atoms with van der Waals surface area (Å²) in [5, 5.41) is 7.13. The van der Waals surface area contributed by atoms with Crippen molar-refractivity contribution in [2.45, 2.75) is 26.4 Å².